The van der Waals surface area contributed by atoms with E-state index in [2.05, 4.69) is 109 Å². The van der Waals surface area contributed by atoms with Gasteiger partial charge in [-0.25, -0.2) is 9.78 Å². The molecule has 5 aromatic rings. The molecule has 0 spiro atoms. The van der Waals surface area contributed by atoms with Gasteiger partial charge in [0.25, 0.3) is 8.32 Å². The van der Waals surface area contributed by atoms with E-state index in [1.165, 1.54) is 17.5 Å². The van der Waals surface area contributed by atoms with Gasteiger partial charge in [-0.1, -0.05) is 107 Å². The van der Waals surface area contributed by atoms with E-state index >= 15 is 0 Å². The Kier molecular flexibility index (Phi) is 12.0. The molecular weight excluding hydrogens is 673 g/mol. The SMILES string of the molecule is CCC[C@@H](CCO[Si](c1ccccc1)(c1ccccc1)C(C)(C)C)Nc1nc(NC(=O)OC)nc2cnn(Cc3ccc(C(C)(C)O)cc3OC)c12. The van der Waals surface area contributed by atoms with Crippen molar-refractivity contribution in [1.29, 1.82) is 0 Å². The molecule has 0 radical (unpaired) electrons. The average Bonchev–Trinajstić information content (AvgIpc) is 3.52. The maximum absolute atomic E-state index is 12.2. The molecule has 52 heavy (non-hydrogen) atoms. The Labute approximate surface area is 307 Å². The van der Waals surface area contributed by atoms with Crippen LogP contribution in [0.25, 0.3) is 11.0 Å². The number of benzene rings is 3. The quantitative estimate of drug-likeness (QED) is 0.0994. The number of fused-ring (bicyclic) bond motifs is 1. The number of carbonyl (C=O) groups is 1. The van der Waals surface area contributed by atoms with Gasteiger partial charge in [0.15, 0.2) is 5.82 Å². The smallest absolute Gasteiger partial charge is 0.413 e. The average molecular weight is 725 g/mol. The van der Waals surface area contributed by atoms with Crippen molar-refractivity contribution in [3.63, 3.8) is 0 Å². The normalized spacial score (nSPS) is 12.8. The molecule has 1 atom stereocenters. The van der Waals surface area contributed by atoms with Crippen molar-refractivity contribution in [3.05, 3.63) is 96.2 Å². The zero-order valence-electron chi connectivity index (χ0n) is 31.6. The predicted molar refractivity (Wildman–Crippen MR) is 209 cm³/mol. The van der Waals surface area contributed by atoms with Gasteiger partial charge < -0.3 is 24.3 Å². The Bertz CT molecular complexity index is 1900. The summed E-state index contributed by atoms with van der Waals surface area (Å²) in [7, 11) is 0.177. The number of anilines is 2. The molecule has 0 aliphatic rings. The molecule has 0 aliphatic heterocycles. The van der Waals surface area contributed by atoms with Gasteiger partial charge in [-0.3, -0.25) is 10.00 Å². The second kappa shape index (κ2) is 16.3. The summed E-state index contributed by atoms with van der Waals surface area (Å²) in [5.74, 6) is 1.27. The number of aromatic nitrogens is 4. The number of hydrogen-bond donors (Lipinski definition) is 3. The van der Waals surface area contributed by atoms with Crippen LogP contribution in [0, 0.1) is 0 Å². The van der Waals surface area contributed by atoms with Gasteiger partial charge in [0.1, 0.15) is 16.8 Å². The third-order valence-electron chi connectivity index (χ3n) is 9.38. The van der Waals surface area contributed by atoms with Crippen molar-refractivity contribution in [2.24, 2.45) is 0 Å². The number of nitrogens with one attached hydrogen (secondary N) is 2. The van der Waals surface area contributed by atoms with Gasteiger partial charge in [0, 0.05) is 18.2 Å². The van der Waals surface area contributed by atoms with Crippen molar-refractivity contribution < 1.29 is 23.8 Å². The second-order valence-electron chi connectivity index (χ2n) is 14.6. The molecule has 5 rings (SSSR count). The molecule has 2 aromatic heterocycles. The molecule has 0 saturated heterocycles. The van der Waals surface area contributed by atoms with E-state index < -0.39 is 20.0 Å². The first-order valence-corrected chi connectivity index (χ1v) is 19.7. The lowest BCUT2D eigenvalue weighted by atomic mass is 9.96. The van der Waals surface area contributed by atoms with Crippen LogP contribution < -0.4 is 25.7 Å². The molecule has 0 unspecified atom stereocenters. The lowest BCUT2D eigenvalue weighted by Crippen LogP contribution is -2.66. The van der Waals surface area contributed by atoms with E-state index in [-0.39, 0.29) is 17.0 Å². The van der Waals surface area contributed by atoms with Crippen molar-refractivity contribution in [2.75, 3.05) is 31.5 Å². The van der Waals surface area contributed by atoms with Crippen molar-refractivity contribution in [2.45, 2.75) is 84.0 Å². The van der Waals surface area contributed by atoms with Crippen LogP contribution in [0.5, 0.6) is 5.75 Å². The summed E-state index contributed by atoms with van der Waals surface area (Å²) < 4.78 is 19.6. The largest absolute Gasteiger partial charge is 0.496 e. The van der Waals surface area contributed by atoms with Crippen LogP contribution in [0.1, 0.15) is 71.9 Å². The molecule has 12 heteroatoms. The number of hydrogen-bond acceptors (Lipinski definition) is 9. The predicted octanol–water partition coefficient (Wildman–Crippen LogP) is 6.84. The number of aliphatic hydroxyl groups is 1. The van der Waals surface area contributed by atoms with Gasteiger partial charge in [-0.05, 0) is 53.7 Å². The summed E-state index contributed by atoms with van der Waals surface area (Å²) in [4.78, 5) is 21.6. The van der Waals surface area contributed by atoms with Crippen LogP contribution in [0.4, 0.5) is 16.6 Å². The molecule has 2 heterocycles. The third-order valence-corrected chi connectivity index (χ3v) is 14.4. The van der Waals surface area contributed by atoms with Gasteiger partial charge in [0.2, 0.25) is 5.95 Å². The fraction of sp³-hybridized carbons (Fsp3) is 0.400. The Balaban J connectivity index is 1.49. The minimum absolute atomic E-state index is 0.0174. The zero-order valence-corrected chi connectivity index (χ0v) is 32.6. The number of amides is 1. The van der Waals surface area contributed by atoms with Crippen LogP contribution in [-0.2, 0) is 21.3 Å². The highest BCUT2D eigenvalue weighted by atomic mass is 28.4. The highest BCUT2D eigenvalue weighted by molar-refractivity contribution is 6.99. The molecule has 276 valence electrons. The molecule has 0 saturated carbocycles. The maximum atomic E-state index is 12.2. The summed E-state index contributed by atoms with van der Waals surface area (Å²) in [6.07, 6.45) is 3.49. The number of ether oxygens (including phenoxy) is 2. The molecule has 3 aromatic carbocycles. The second-order valence-corrected chi connectivity index (χ2v) is 18.9. The van der Waals surface area contributed by atoms with E-state index in [1.807, 2.05) is 22.9 Å². The summed E-state index contributed by atoms with van der Waals surface area (Å²) in [5, 5.41) is 23.9. The first kappa shape index (κ1) is 38.4. The van der Waals surface area contributed by atoms with Crippen LogP contribution in [0.2, 0.25) is 5.04 Å². The minimum atomic E-state index is -2.73. The van der Waals surface area contributed by atoms with Crippen LogP contribution in [0.3, 0.4) is 0 Å². The Morgan fingerprint density at radius 3 is 2.13 bits per heavy atom. The lowest BCUT2D eigenvalue weighted by molar-refractivity contribution is 0.0783. The van der Waals surface area contributed by atoms with Crippen LogP contribution >= 0.6 is 0 Å². The minimum Gasteiger partial charge on any atom is -0.496 e. The van der Waals surface area contributed by atoms with Crippen LogP contribution in [0.15, 0.2) is 85.1 Å². The summed E-state index contributed by atoms with van der Waals surface area (Å²) in [5.41, 5.74) is 1.82. The monoisotopic (exact) mass is 724 g/mol. The topological polar surface area (TPSA) is 133 Å². The number of nitrogens with zero attached hydrogens (tertiary/aromatic N) is 4. The molecule has 0 fully saturated rings. The first-order valence-electron chi connectivity index (χ1n) is 17.8. The van der Waals surface area contributed by atoms with Gasteiger partial charge in [-0.2, -0.15) is 10.1 Å². The van der Waals surface area contributed by atoms with Gasteiger partial charge in [-0.15, -0.1) is 0 Å². The fourth-order valence-electron chi connectivity index (χ4n) is 6.78. The Morgan fingerprint density at radius 2 is 1.58 bits per heavy atom. The molecule has 1 amide bonds. The van der Waals surface area contributed by atoms with Gasteiger partial charge in [0.05, 0.1) is 32.6 Å². The van der Waals surface area contributed by atoms with E-state index in [0.29, 0.717) is 42.2 Å². The first-order chi connectivity index (χ1) is 24.8. The Morgan fingerprint density at radius 1 is 0.923 bits per heavy atom. The number of methoxy groups -OCH3 is 2. The fourth-order valence-corrected chi connectivity index (χ4v) is 11.4. The molecule has 0 bridgehead atoms. The molecule has 0 aliphatic carbocycles. The number of carbonyl (C=O) groups excluding carboxylic acids is 1. The summed E-state index contributed by atoms with van der Waals surface area (Å²) >= 11 is 0. The summed E-state index contributed by atoms with van der Waals surface area (Å²) in [6.45, 7) is 13.4. The standard InChI is InChI=1S/C40H52N6O5Si/c1-9-16-30(23-24-51-52(39(2,3)4,31-17-12-10-13-18-31)32-19-14-11-15-20-32)42-36-35-33(43-37(44-36)45-38(47)50-8)26-41-46(35)27-28-21-22-29(40(5,6)48)25-34(28)49-7/h10-15,17-22,25-26,30,48H,9,16,23-24,27H2,1-8H3,(H2,42,43,44,45,47)/t30-/m0/s1. The van der Waals surface area contributed by atoms with Gasteiger partial charge >= 0.3 is 6.09 Å². The molecule has 11 nitrogen and oxygen atoms in total. The van der Waals surface area contributed by atoms with Crippen LogP contribution in [-0.4, -0.2) is 66.1 Å². The van der Waals surface area contributed by atoms with E-state index in [4.69, 9.17) is 18.9 Å². The van der Waals surface area contributed by atoms with E-state index in [1.54, 1.807) is 27.2 Å². The van der Waals surface area contributed by atoms with E-state index in [0.717, 1.165) is 24.0 Å². The van der Waals surface area contributed by atoms with Crippen molar-refractivity contribution in [3.8, 4) is 5.75 Å². The highest BCUT2D eigenvalue weighted by Gasteiger charge is 2.50. The third kappa shape index (κ3) is 8.46. The maximum Gasteiger partial charge on any atom is 0.413 e. The number of rotatable bonds is 15. The lowest BCUT2D eigenvalue weighted by Gasteiger charge is -2.43. The zero-order chi connectivity index (χ0) is 37.5. The van der Waals surface area contributed by atoms with Crippen molar-refractivity contribution >= 4 is 47.6 Å². The molecule has 3 N–H and O–H groups in total. The summed E-state index contributed by atoms with van der Waals surface area (Å²) in [6, 6.07) is 26.9. The highest BCUT2D eigenvalue weighted by Crippen LogP contribution is 2.37. The van der Waals surface area contributed by atoms with Crippen molar-refractivity contribution in [1.82, 2.24) is 19.7 Å². The molecular formula is C40H52N6O5Si. The van der Waals surface area contributed by atoms with E-state index in [9.17, 15) is 9.90 Å². The Hall–Kier alpha value is -4.78.